The van der Waals surface area contributed by atoms with Crippen molar-refractivity contribution in [2.24, 2.45) is 5.73 Å². The van der Waals surface area contributed by atoms with Gasteiger partial charge < -0.3 is 16.0 Å². The monoisotopic (exact) mass is 419 g/mol. The van der Waals surface area contributed by atoms with Gasteiger partial charge in [0.2, 0.25) is 0 Å². The van der Waals surface area contributed by atoms with Crippen LogP contribution in [0.5, 0.6) is 0 Å². The van der Waals surface area contributed by atoms with Crippen molar-refractivity contribution in [1.29, 1.82) is 0 Å². The normalized spacial score (nSPS) is 14.0. The van der Waals surface area contributed by atoms with Crippen molar-refractivity contribution in [2.45, 2.75) is 19.5 Å². The molecule has 0 spiro atoms. The van der Waals surface area contributed by atoms with Crippen molar-refractivity contribution in [1.82, 2.24) is 24.3 Å². The minimum Gasteiger partial charge on any atom is -0.366 e. The van der Waals surface area contributed by atoms with E-state index in [1.165, 1.54) is 4.88 Å². The number of fused-ring (bicyclic) bond motifs is 2. The molecule has 0 bridgehead atoms. The summed E-state index contributed by atoms with van der Waals surface area (Å²) in [5.41, 5.74) is 8.75. The molecule has 8 nitrogen and oxygen atoms in total. The van der Waals surface area contributed by atoms with E-state index in [0.717, 1.165) is 36.6 Å². The van der Waals surface area contributed by atoms with Gasteiger partial charge in [0.25, 0.3) is 5.91 Å². The molecular weight excluding hydrogens is 398 g/mol. The molecule has 1 aliphatic rings. The van der Waals surface area contributed by atoms with Crippen LogP contribution in [0.3, 0.4) is 0 Å². The fourth-order valence-electron chi connectivity index (χ4n) is 3.77. The Kier molecular flexibility index (Phi) is 4.68. The smallest absolute Gasteiger partial charge is 0.250 e. The Bertz CT molecular complexity index is 1230. The summed E-state index contributed by atoms with van der Waals surface area (Å²) in [6.45, 7) is 2.46. The first kappa shape index (κ1) is 18.7. The molecule has 3 N–H and O–H groups in total. The molecule has 0 unspecified atom stereocenters. The molecule has 0 saturated carbocycles. The molecule has 0 fully saturated rings. The van der Waals surface area contributed by atoms with Gasteiger partial charge in [0, 0.05) is 36.1 Å². The van der Waals surface area contributed by atoms with Crippen LogP contribution in [0, 0.1) is 0 Å². The zero-order valence-corrected chi connectivity index (χ0v) is 17.3. The number of hydrogen-bond acceptors (Lipinski definition) is 7. The van der Waals surface area contributed by atoms with Gasteiger partial charge in [0.1, 0.15) is 5.82 Å². The predicted molar refractivity (Wildman–Crippen MR) is 116 cm³/mol. The molecule has 5 rings (SSSR count). The predicted octanol–water partition coefficient (Wildman–Crippen LogP) is 2.55. The second kappa shape index (κ2) is 7.51. The lowest BCUT2D eigenvalue weighted by Crippen LogP contribution is -2.29. The number of hydrogen-bond donors (Lipinski definition) is 2. The minimum absolute atomic E-state index is 0.423. The summed E-state index contributed by atoms with van der Waals surface area (Å²) in [4.78, 5) is 29.5. The van der Waals surface area contributed by atoms with E-state index in [2.05, 4.69) is 33.7 Å². The van der Waals surface area contributed by atoms with Gasteiger partial charge in [0.05, 0.1) is 29.5 Å². The first-order chi connectivity index (χ1) is 14.6. The van der Waals surface area contributed by atoms with Gasteiger partial charge in [0.15, 0.2) is 11.6 Å². The Labute approximate surface area is 177 Å². The average Bonchev–Trinajstić information content (AvgIpc) is 3.41. The van der Waals surface area contributed by atoms with Crippen LogP contribution >= 0.6 is 11.3 Å². The lowest BCUT2D eigenvalue weighted by atomic mass is 10.1. The zero-order chi connectivity index (χ0) is 20.7. The molecule has 0 aliphatic carbocycles. The molecule has 9 heteroatoms. The lowest BCUT2D eigenvalue weighted by Gasteiger charge is -2.26. The van der Waals surface area contributed by atoms with E-state index in [1.54, 1.807) is 29.7 Å². The zero-order valence-electron chi connectivity index (χ0n) is 16.5. The van der Waals surface area contributed by atoms with Crippen molar-refractivity contribution in [3.63, 3.8) is 0 Å². The molecule has 0 atom stereocenters. The van der Waals surface area contributed by atoms with Crippen LogP contribution in [0.4, 0.5) is 5.82 Å². The van der Waals surface area contributed by atoms with Crippen LogP contribution < -0.4 is 11.1 Å². The highest BCUT2D eigenvalue weighted by atomic mass is 32.1. The van der Waals surface area contributed by atoms with Crippen LogP contribution in [-0.4, -0.2) is 43.8 Å². The van der Waals surface area contributed by atoms with E-state index >= 15 is 0 Å². The third-order valence-corrected chi connectivity index (χ3v) is 6.17. The Morgan fingerprint density at radius 1 is 1.30 bits per heavy atom. The third kappa shape index (κ3) is 3.31. The number of amides is 1. The second-order valence-electron chi connectivity index (χ2n) is 7.36. The summed E-state index contributed by atoms with van der Waals surface area (Å²) in [6.07, 6.45) is 4.34. The highest BCUT2D eigenvalue weighted by Gasteiger charge is 2.23. The number of likely N-dealkylation sites (N-methyl/N-ethyl adjacent to an activating group) is 1. The van der Waals surface area contributed by atoms with Crippen LogP contribution in [0.2, 0.25) is 0 Å². The van der Waals surface area contributed by atoms with Crippen molar-refractivity contribution >= 4 is 28.6 Å². The van der Waals surface area contributed by atoms with Crippen LogP contribution in [-0.2, 0) is 19.5 Å². The highest BCUT2D eigenvalue weighted by Crippen LogP contribution is 2.28. The molecule has 4 aromatic heterocycles. The maximum atomic E-state index is 11.8. The van der Waals surface area contributed by atoms with Crippen molar-refractivity contribution < 1.29 is 4.79 Å². The number of primary amides is 1. The number of anilines is 1. The lowest BCUT2D eigenvalue weighted by molar-refractivity contribution is 0.100. The van der Waals surface area contributed by atoms with Crippen LogP contribution in [0.15, 0.2) is 42.0 Å². The van der Waals surface area contributed by atoms with E-state index in [1.807, 2.05) is 16.7 Å². The van der Waals surface area contributed by atoms with Gasteiger partial charge >= 0.3 is 0 Å². The summed E-state index contributed by atoms with van der Waals surface area (Å²) in [7, 11) is 2.10. The van der Waals surface area contributed by atoms with E-state index in [9.17, 15) is 4.79 Å². The van der Waals surface area contributed by atoms with Crippen LogP contribution in [0.1, 0.15) is 26.5 Å². The fraction of sp³-hybridized carbons (Fsp3) is 0.238. The Hall–Kier alpha value is -3.30. The summed E-state index contributed by atoms with van der Waals surface area (Å²) >= 11 is 1.71. The molecule has 30 heavy (non-hydrogen) atoms. The van der Waals surface area contributed by atoms with Crippen molar-refractivity contribution in [3.05, 3.63) is 63.7 Å². The molecule has 0 radical (unpaired) electrons. The summed E-state index contributed by atoms with van der Waals surface area (Å²) in [6, 6.07) is 7.62. The Morgan fingerprint density at radius 3 is 3.00 bits per heavy atom. The van der Waals surface area contributed by atoms with E-state index in [-0.39, 0.29) is 0 Å². The SMILES string of the molecule is CN1CCc2nc(-c3ncc4c(C(N)=O)cccn34)nc(NCc3cccs3)c2C1. The molecule has 1 amide bonds. The number of imidazole rings is 1. The number of nitrogens with two attached hydrogens (primary N) is 1. The molecular formula is C21H21N7OS. The van der Waals surface area contributed by atoms with Gasteiger partial charge in [-0.1, -0.05) is 6.07 Å². The largest absolute Gasteiger partial charge is 0.366 e. The molecule has 5 heterocycles. The highest BCUT2D eigenvalue weighted by molar-refractivity contribution is 7.09. The van der Waals surface area contributed by atoms with Gasteiger partial charge in [-0.25, -0.2) is 15.0 Å². The number of aromatic nitrogens is 4. The van der Waals surface area contributed by atoms with Gasteiger partial charge in [-0.2, -0.15) is 0 Å². The first-order valence-electron chi connectivity index (χ1n) is 9.71. The minimum atomic E-state index is -0.486. The number of pyridine rings is 1. The molecule has 4 aromatic rings. The Balaban J connectivity index is 1.60. The number of nitrogens with zero attached hydrogens (tertiary/aromatic N) is 5. The fourth-order valence-corrected chi connectivity index (χ4v) is 4.42. The molecule has 152 valence electrons. The molecule has 0 aromatic carbocycles. The quantitative estimate of drug-likeness (QED) is 0.516. The summed E-state index contributed by atoms with van der Waals surface area (Å²) in [5, 5.41) is 5.57. The first-order valence-corrected chi connectivity index (χ1v) is 10.6. The maximum Gasteiger partial charge on any atom is 0.250 e. The second-order valence-corrected chi connectivity index (χ2v) is 8.40. The number of nitrogens with one attached hydrogen (secondary N) is 1. The van der Waals surface area contributed by atoms with Gasteiger partial charge in [-0.05, 0) is 30.6 Å². The third-order valence-electron chi connectivity index (χ3n) is 5.30. The average molecular weight is 420 g/mol. The molecule has 0 saturated heterocycles. The summed E-state index contributed by atoms with van der Waals surface area (Å²) < 4.78 is 1.82. The van der Waals surface area contributed by atoms with Gasteiger partial charge in [-0.15, -0.1) is 11.3 Å². The van der Waals surface area contributed by atoms with Gasteiger partial charge in [-0.3, -0.25) is 9.20 Å². The maximum absolute atomic E-state index is 11.8. The van der Waals surface area contributed by atoms with Crippen molar-refractivity contribution in [2.75, 3.05) is 18.9 Å². The van der Waals surface area contributed by atoms with Crippen molar-refractivity contribution in [3.8, 4) is 11.6 Å². The van der Waals surface area contributed by atoms with E-state index in [4.69, 9.17) is 15.7 Å². The topological polar surface area (TPSA) is 101 Å². The number of rotatable bonds is 5. The number of thiophene rings is 1. The molecule has 1 aliphatic heterocycles. The standard InChI is InChI=1S/C21H21N7OS/c1-27-8-6-16-15(12-27)19(23-10-13-4-3-9-30-13)26-20(25-16)21-24-11-17-14(18(22)29)5-2-7-28(17)21/h2-5,7,9,11H,6,8,10,12H2,1H3,(H2,22,29)(H,23,25,26). The van der Waals surface area contributed by atoms with E-state index < -0.39 is 5.91 Å². The Morgan fingerprint density at radius 2 is 2.20 bits per heavy atom. The van der Waals surface area contributed by atoms with E-state index in [0.29, 0.717) is 29.3 Å². The van der Waals surface area contributed by atoms with Crippen LogP contribution in [0.25, 0.3) is 17.2 Å². The number of carbonyl (C=O) groups is 1. The number of carbonyl (C=O) groups excluding carboxylic acids is 1. The summed E-state index contributed by atoms with van der Waals surface area (Å²) in [5.74, 6) is 1.47.